The molecule has 18 heavy (non-hydrogen) atoms. The molecule has 1 aromatic rings. The number of rotatable bonds is 3. The third-order valence-electron chi connectivity index (χ3n) is 2.95. The average molecular weight is 289 g/mol. The molecule has 1 fully saturated rings. The van der Waals surface area contributed by atoms with Crippen molar-refractivity contribution in [1.82, 2.24) is 10.3 Å². The number of hydrogen-bond acceptors (Lipinski definition) is 3. The highest BCUT2D eigenvalue weighted by Crippen LogP contribution is 2.19. The Morgan fingerprint density at radius 1 is 1.44 bits per heavy atom. The number of aromatic nitrogens is 1. The van der Waals surface area contributed by atoms with E-state index in [9.17, 15) is 4.79 Å². The van der Waals surface area contributed by atoms with Crippen LogP contribution in [0.25, 0.3) is 0 Å². The molecular weight excluding hydrogens is 275 g/mol. The van der Waals surface area contributed by atoms with Gasteiger partial charge in [0.1, 0.15) is 5.15 Å². The van der Waals surface area contributed by atoms with E-state index in [2.05, 4.69) is 10.3 Å². The molecule has 0 saturated carbocycles. The molecule has 1 aliphatic heterocycles. The van der Waals surface area contributed by atoms with Gasteiger partial charge in [-0.05, 0) is 24.8 Å². The van der Waals surface area contributed by atoms with Crippen LogP contribution in [0.3, 0.4) is 0 Å². The summed E-state index contributed by atoms with van der Waals surface area (Å²) in [7, 11) is 0. The van der Waals surface area contributed by atoms with Gasteiger partial charge in [0.05, 0.1) is 10.6 Å². The van der Waals surface area contributed by atoms with Gasteiger partial charge in [0.2, 0.25) is 0 Å². The van der Waals surface area contributed by atoms with Gasteiger partial charge < -0.3 is 10.1 Å². The zero-order valence-electron chi connectivity index (χ0n) is 9.79. The van der Waals surface area contributed by atoms with Crippen LogP contribution in [0.5, 0.6) is 0 Å². The van der Waals surface area contributed by atoms with Crippen molar-refractivity contribution in [3.05, 3.63) is 28.0 Å². The maximum absolute atomic E-state index is 11.9. The van der Waals surface area contributed by atoms with Gasteiger partial charge in [-0.25, -0.2) is 4.98 Å². The number of amides is 1. The number of nitrogens with zero attached hydrogens (tertiary/aromatic N) is 1. The molecule has 2 rings (SSSR count). The van der Waals surface area contributed by atoms with Crippen molar-refractivity contribution in [2.75, 3.05) is 19.8 Å². The summed E-state index contributed by atoms with van der Waals surface area (Å²) in [6, 6.07) is 1.52. The predicted octanol–water partition coefficient (Wildman–Crippen LogP) is 2.54. The summed E-state index contributed by atoms with van der Waals surface area (Å²) in [5, 5.41) is 3.37. The van der Waals surface area contributed by atoms with Crippen molar-refractivity contribution in [3.63, 3.8) is 0 Å². The van der Waals surface area contributed by atoms with Gasteiger partial charge in [0.15, 0.2) is 0 Å². The first-order valence-corrected chi connectivity index (χ1v) is 6.59. The normalized spacial score (nSPS) is 16.6. The maximum Gasteiger partial charge on any atom is 0.252 e. The average Bonchev–Trinajstić information content (AvgIpc) is 2.40. The van der Waals surface area contributed by atoms with E-state index in [0.29, 0.717) is 18.0 Å². The number of carbonyl (C=O) groups excluding carboxylic acids is 1. The monoisotopic (exact) mass is 288 g/mol. The highest BCUT2D eigenvalue weighted by Gasteiger charge is 2.15. The summed E-state index contributed by atoms with van der Waals surface area (Å²) in [4.78, 5) is 15.7. The van der Waals surface area contributed by atoms with Gasteiger partial charge in [0.25, 0.3) is 5.91 Å². The Kier molecular flexibility index (Phi) is 4.80. The molecule has 1 amide bonds. The van der Waals surface area contributed by atoms with Crippen LogP contribution in [0.1, 0.15) is 23.2 Å². The first kappa shape index (κ1) is 13.6. The van der Waals surface area contributed by atoms with E-state index in [4.69, 9.17) is 27.9 Å². The van der Waals surface area contributed by atoms with Crippen LogP contribution in [0.4, 0.5) is 0 Å². The molecule has 1 N–H and O–H groups in total. The summed E-state index contributed by atoms with van der Waals surface area (Å²) in [6.45, 7) is 2.20. The van der Waals surface area contributed by atoms with Crippen LogP contribution >= 0.6 is 23.2 Å². The molecule has 0 unspecified atom stereocenters. The van der Waals surface area contributed by atoms with Crippen molar-refractivity contribution in [2.24, 2.45) is 5.92 Å². The van der Waals surface area contributed by atoms with Gasteiger partial charge in [-0.3, -0.25) is 4.79 Å². The van der Waals surface area contributed by atoms with Crippen LogP contribution in [0, 0.1) is 5.92 Å². The minimum atomic E-state index is -0.174. The van der Waals surface area contributed by atoms with Gasteiger partial charge in [0, 0.05) is 26.0 Å². The number of pyridine rings is 1. The van der Waals surface area contributed by atoms with Crippen molar-refractivity contribution >= 4 is 29.1 Å². The van der Waals surface area contributed by atoms with E-state index in [-0.39, 0.29) is 16.1 Å². The molecule has 1 saturated heterocycles. The van der Waals surface area contributed by atoms with Crippen molar-refractivity contribution in [1.29, 1.82) is 0 Å². The van der Waals surface area contributed by atoms with Gasteiger partial charge >= 0.3 is 0 Å². The highest BCUT2D eigenvalue weighted by atomic mass is 35.5. The molecule has 0 aliphatic carbocycles. The smallest absolute Gasteiger partial charge is 0.252 e. The maximum atomic E-state index is 11.9. The molecule has 0 bridgehead atoms. The largest absolute Gasteiger partial charge is 0.381 e. The summed E-state index contributed by atoms with van der Waals surface area (Å²) in [5.74, 6) is 0.311. The molecule has 0 spiro atoms. The number of carbonyl (C=O) groups is 1. The van der Waals surface area contributed by atoms with Crippen LogP contribution < -0.4 is 5.32 Å². The van der Waals surface area contributed by atoms with Crippen LogP contribution in [0.2, 0.25) is 10.2 Å². The molecule has 0 atom stereocenters. The van der Waals surface area contributed by atoms with Gasteiger partial charge in [-0.2, -0.15) is 0 Å². The van der Waals surface area contributed by atoms with E-state index in [1.54, 1.807) is 0 Å². The first-order chi connectivity index (χ1) is 8.66. The predicted molar refractivity (Wildman–Crippen MR) is 70.1 cm³/mol. The second-order valence-corrected chi connectivity index (χ2v) is 5.03. The standard InChI is InChI=1S/C12H14Cl2N2O2/c13-10-5-9(7-15-11(10)14)12(17)16-6-8-1-3-18-4-2-8/h5,7-8H,1-4,6H2,(H,16,17). The molecule has 1 aliphatic rings. The van der Waals surface area contributed by atoms with Gasteiger partial charge in [-0.1, -0.05) is 23.2 Å². The van der Waals surface area contributed by atoms with E-state index in [1.165, 1.54) is 12.3 Å². The number of nitrogens with one attached hydrogen (secondary N) is 1. The van der Waals surface area contributed by atoms with E-state index < -0.39 is 0 Å². The van der Waals surface area contributed by atoms with Crippen LogP contribution in [-0.2, 0) is 4.74 Å². The zero-order chi connectivity index (χ0) is 13.0. The van der Waals surface area contributed by atoms with Crippen LogP contribution in [-0.4, -0.2) is 30.6 Å². The highest BCUT2D eigenvalue weighted by molar-refractivity contribution is 6.41. The Morgan fingerprint density at radius 2 is 2.17 bits per heavy atom. The Morgan fingerprint density at radius 3 is 2.83 bits per heavy atom. The summed E-state index contributed by atoms with van der Waals surface area (Å²) < 4.78 is 5.27. The lowest BCUT2D eigenvalue weighted by Gasteiger charge is -2.22. The van der Waals surface area contributed by atoms with E-state index in [0.717, 1.165) is 26.1 Å². The molecule has 4 nitrogen and oxygen atoms in total. The fourth-order valence-corrected chi connectivity index (χ4v) is 2.10. The van der Waals surface area contributed by atoms with E-state index >= 15 is 0 Å². The first-order valence-electron chi connectivity index (χ1n) is 5.84. The SMILES string of the molecule is O=C(NCC1CCOCC1)c1cnc(Cl)c(Cl)c1. The molecule has 0 radical (unpaired) electrons. The minimum absolute atomic E-state index is 0.174. The lowest BCUT2D eigenvalue weighted by Crippen LogP contribution is -2.32. The third-order valence-corrected chi connectivity index (χ3v) is 3.64. The second kappa shape index (κ2) is 6.36. The van der Waals surface area contributed by atoms with Crippen molar-refractivity contribution in [3.8, 4) is 0 Å². The molecule has 6 heteroatoms. The number of ether oxygens (including phenoxy) is 1. The number of hydrogen-bond donors (Lipinski definition) is 1. The summed E-state index contributed by atoms with van der Waals surface area (Å²) in [5.41, 5.74) is 0.427. The second-order valence-electron chi connectivity index (χ2n) is 4.26. The van der Waals surface area contributed by atoms with E-state index in [1.807, 2.05) is 0 Å². The quantitative estimate of drug-likeness (QED) is 0.870. The lowest BCUT2D eigenvalue weighted by atomic mass is 10.0. The fourth-order valence-electron chi connectivity index (χ4n) is 1.84. The summed E-state index contributed by atoms with van der Waals surface area (Å²) >= 11 is 11.5. The molecule has 0 aromatic carbocycles. The minimum Gasteiger partial charge on any atom is -0.381 e. The molecule has 98 valence electrons. The molecule has 2 heterocycles. The Labute approximate surface area is 116 Å². The van der Waals surface area contributed by atoms with Crippen molar-refractivity contribution in [2.45, 2.75) is 12.8 Å². The Hall–Kier alpha value is -0.840. The van der Waals surface area contributed by atoms with Crippen molar-refractivity contribution < 1.29 is 9.53 Å². The van der Waals surface area contributed by atoms with Gasteiger partial charge in [-0.15, -0.1) is 0 Å². The topological polar surface area (TPSA) is 51.2 Å². The Bertz CT molecular complexity index is 434. The lowest BCUT2D eigenvalue weighted by molar-refractivity contribution is 0.0642. The summed E-state index contributed by atoms with van der Waals surface area (Å²) in [6.07, 6.45) is 3.40. The number of halogens is 2. The fraction of sp³-hybridized carbons (Fsp3) is 0.500. The third kappa shape index (κ3) is 3.57. The molecular formula is C12H14Cl2N2O2. The molecule has 1 aromatic heterocycles. The zero-order valence-corrected chi connectivity index (χ0v) is 11.3. The van der Waals surface area contributed by atoms with Crippen LogP contribution in [0.15, 0.2) is 12.3 Å². The Balaban J connectivity index is 1.88.